The van der Waals surface area contributed by atoms with Crippen LogP contribution in [0.3, 0.4) is 0 Å². The monoisotopic (exact) mass is 244 g/mol. The molecule has 0 atom stereocenters. The summed E-state index contributed by atoms with van der Waals surface area (Å²) in [6.45, 7) is 0. The predicted molar refractivity (Wildman–Crippen MR) is 54.4 cm³/mol. The molecule has 1 rings (SSSR count). The summed E-state index contributed by atoms with van der Waals surface area (Å²) in [4.78, 5) is 10.4. The van der Waals surface area contributed by atoms with Gasteiger partial charge in [-0.2, -0.15) is 5.26 Å². The minimum absolute atomic E-state index is 0.225. The van der Waals surface area contributed by atoms with E-state index in [1.807, 2.05) is 0 Å². The van der Waals surface area contributed by atoms with Crippen molar-refractivity contribution in [1.29, 1.82) is 5.26 Å². The van der Waals surface area contributed by atoms with Gasteiger partial charge in [-0.1, -0.05) is 0 Å². The Labute approximate surface area is 95.2 Å². The molecule has 0 bridgehead atoms. The van der Waals surface area contributed by atoms with E-state index in [0.717, 1.165) is 7.11 Å². The summed E-state index contributed by atoms with van der Waals surface area (Å²) in [5, 5.41) is 10.8. The third kappa shape index (κ3) is 2.23. The number of nitrogens with one attached hydrogen (secondary N) is 1. The first-order valence-electron chi connectivity index (χ1n) is 3.97. The van der Waals surface area contributed by atoms with Gasteiger partial charge in [0.05, 0.1) is 23.3 Å². The van der Waals surface area contributed by atoms with Crippen molar-refractivity contribution in [2.75, 3.05) is 12.4 Å². The molecule has 0 unspecified atom stereocenters. The fourth-order valence-corrected chi connectivity index (χ4v) is 1.26. The van der Waals surface area contributed by atoms with Crippen LogP contribution in [0.4, 0.5) is 19.3 Å². The smallest absolute Gasteiger partial charge is 0.411 e. The number of nitrogens with zero attached hydrogens (tertiary/aromatic N) is 1. The number of methoxy groups -OCH3 is 1. The lowest BCUT2D eigenvalue weighted by atomic mass is 10.2. The van der Waals surface area contributed by atoms with Crippen LogP contribution in [0.15, 0.2) is 11.0 Å². The van der Waals surface area contributed by atoms with Gasteiger partial charge in [-0.3, -0.25) is 5.32 Å². The van der Waals surface area contributed by atoms with Gasteiger partial charge in [0.25, 0.3) is 0 Å². The second-order valence-corrected chi connectivity index (χ2v) is 3.12. The molecule has 1 amide bonds. The molecule has 0 saturated heterocycles. The molecule has 0 aliphatic carbocycles. The first kappa shape index (κ1) is 12.3. The zero-order valence-electron chi connectivity index (χ0n) is 8.04. The molecule has 16 heavy (non-hydrogen) atoms. The summed E-state index contributed by atoms with van der Waals surface area (Å²) in [6.07, 6.45) is -0.905. The Morgan fingerprint density at radius 2 is 2.25 bits per heavy atom. The molecule has 0 aliphatic rings. The Morgan fingerprint density at radius 3 is 2.75 bits per heavy atom. The first-order chi connectivity index (χ1) is 7.51. The van der Waals surface area contributed by atoms with Crippen LogP contribution in [-0.2, 0) is 4.74 Å². The molecule has 0 fully saturated rings. The first-order valence-corrected chi connectivity index (χ1v) is 4.42. The topological polar surface area (TPSA) is 62.1 Å². The van der Waals surface area contributed by atoms with Crippen molar-refractivity contribution in [1.82, 2.24) is 0 Å². The van der Waals surface area contributed by atoms with E-state index >= 15 is 0 Å². The average molecular weight is 244 g/mol. The molecule has 0 aromatic heterocycles. The molecule has 4 nitrogen and oxygen atoms in total. The van der Waals surface area contributed by atoms with Crippen molar-refractivity contribution in [3.05, 3.63) is 23.3 Å². The van der Waals surface area contributed by atoms with Gasteiger partial charge in [0.15, 0.2) is 11.6 Å². The van der Waals surface area contributed by atoms with Crippen LogP contribution in [0, 0.1) is 23.0 Å². The maximum absolute atomic E-state index is 13.1. The summed E-state index contributed by atoms with van der Waals surface area (Å²) in [6, 6.07) is 2.28. The van der Waals surface area contributed by atoms with Crippen molar-refractivity contribution < 1.29 is 18.3 Å². The normalized spacial score (nSPS) is 9.44. The Hall–Kier alpha value is -1.81. The van der Waals surface area contributed by atoms with Crippen molar-refractivity contribution >= 4 is 24.4 Å². The Morgan fingerprint density at radius 1 is 1.62 bits per heavy atom. The zero-order chi connectivity index (χ0) is 12.3. The van der Waals surface area contributed by atoms with Crippen LogP contribution in [0.1, 0.15) is 5.56 Å². The molecule has 1 N–H and O–H groups in total. The number of carbonyl (C=O) groups is 1. The second-order valence-electron chi connectivity index (χ2n) is 2.67. The van der Waals surface area contributed by atoms with Gasteiger partial charge in [-0.15, -0.1) is 12.6 Å². The van der Waals surface area contributed by atoms with Crippen LogP contribution in [0.5, 0.6) is 0 Å². The van der Waals surface area contributed by atoms with Crippen LogP contribution in [0.25, 0.3) is 0 Å². The summed E-state index contributed by atoms with van der Waals surface area (Å²) in [5.74, 6) is -2.45. The Balaban J connectivity index is 3.31. The molecule has 84 valence electrons. The van der Waals surface area contributed by atoms with Gasteiger partial charge in [-0.05, 0) is 6.07 Å². The number of nitriles is 1. The van der Waals surface area contributed by atoms with Crippen LogP contribution in [0.2, 0.25) is 0 Å². The lowest BCUT2D eigenvalue weighted by Gasteiger charge is -2.09. The number of benzene rings is 1. The maximum Gasteiger partial charge on any atom is 0.411 e. The van der Waals surface area contributed by atoms with Crippen molar-refractivity contribution in [3.63, 3.8) is 0 Å². The van der Waals surface area contributed by atoms with Gasteiger partial charge in [0.2, 0.25) is 0 Å². The van der Waals surface area contributed by atoms with E-state index in [1.54, 1.807) is 6.07 Å². The quantitative estimate of drug-likeness (QED) is 0.745. The highest BCUT2D eigenvalue weighted by Crippen LogP contribution is 2.29. The number of amides is 1. The molecule has 0 heterocycles. The number of halogens is 2. The van der Waals surface area contributed by atoms with E-state index < -0.39 is 22.6 Å². The number of hydrogen-bond acceptors (Lipinski definition) is 4. The Bertz CT molecular complexity index is 485. The molecule has 0 saturated carbocycles. The van der Waals surface area contributed by atoms with Gasteiger partial charge in [0, 0.05) is 0 Å². The highest BCUT2D eigenvalue weighted by molar-refractivity contribution is 7.80. The molecule has 1 aromatic carbocycles. The molecule has 0 aliphatic heterocycles. The van der Waals surface area contributed by atoms with Crippen molar-refractivity contribution in [2.45, 2.75) is 4.90 Å². The standard InChI is InChI=1S/C9H6F2N2O2S/c1-15-9(14)13-7-4(3-12)2-5(10)6(11)8(7)16/h2,16H,1H3,(H,13,14). The Kier molecular flexibility index (Phi) is 3.68. The number of anilines is 1. The summed E-state index contributed by atoms with van der Waals surface area (Å²) < 4.78 is 30.3. The SMILES string of the molecule is COC(=O)Nc1c(C#N)cc(F)c(F)c1S. The fourth-order valence-electron chi connectivity index (χ4n) is 0.980. The molecule has 0 spiro atoms. The molecule has 0 radical (unpaired) electrons. The molecule has 1 aromatic rings. The molecular formula is C9H6F2N2O2S. The van der Waals surface area contributed by atoms with Crippen LogP contribution >= 0.6 is 12.6 Å². The lowest BCUT2D eigenvalue weighted by Crippen LogP contribution is -2.13. The number of rotatable bonds is 1. The average Bonchev–Trinajstić information content (AvgIpc) is 2.29. The summed E-state index contributed by atoms with van der Waals surface area (Å²) in [7, 11) is 1.10. The van der Waals surface area contributed by atoms with Gasteiger partial charge >= 0.3 is 6.09 Å². The minimum Gasteiger partial charge on any atom is -0.453 e. The largest absolute Gasteiger partial charge is 0.453 e. The van der Waals surface area contributed by atoms with Gasteiger partial charge in [0.1, 0.15) is 6.07 Å². The van der Waals surface area contributed by atoms with E-state index in [2.05, 4.69) is 22.7 Å². The highest BCUT2D eigenvalue weighted by Gasteiger charge is 2.17. The number of thiol groups is 1. The van der Waals surface area contributed by atoms with Crippen LogP contribution < -0.4 is 5.32 Å². The van der Waals surface area contributed by atoms with Gasteiger partial charge in [-0.25, -0.2) is 13.6 Å². The van der Waals surface area contributed by atoms with Crippen molar-refractivity contribution in [3.8, 4) is 6.07 Å². The summed E-state index contributed by atoms with van der Waals surface area (Å²) in [5.41, 5.74) is -0.467. The zero-order valence-corrected chi connectivity index (χ0v) is 8.94. The van der Waals surface area contributed by atoms with E-state index in [0.29, 0.717) is 6.07 Å². The highest BCUT2D eigenvalue weighted by atomic mass is 32.1. The van der Waals surface area contributed by atoms with E-state index in [9.17, 15) is 13.6 Å². The number of hydrogen-bond donors (Lipinski definition) is 2. The lowest BCUT2D eigenvalue weighted by molar-refractivity contribution is 0.187. The number of ether oxygens (including phenoxy) is 1. The third-order valence-corrected chi connectivity index (χ3v) is 2.15. The van der Waals surface area contributed by atoms with Crippen LogP contribution in [-0.4, -0.2) is 13.2 Å². The second kappa shape index (κ2) is 4.81. The predicted octanol–water partition coefficient (Wildman–Crippen LogP) is 2.30. The fraction of sp³-hybridized carbons (Fsp3) is 0.111. The van der Waals surface area contributed by atoms with E-state index in [-0.39, 0.29) is 11.3 Å². The molecule has 7 heteroatoms. The van der Waals surface area contributed by atoms with E-state index in [4.69, 9.17) is 5.26 Å². The molecular weight excluding hydrogens is 238 g/mol. The van der Waals surface area contributed by atoms with Crippen molar-refractivity contribution in [2.24, 2.45) is 0 Å². The minimum atomic E-state index is -1.24. The summed E-state index contributed by atoms with van der Waals surface area (Å²) >= 11 is 3.68. The maximum atomic E-state index is 13.1. The van der Waals surface area contributed by atoms with Gasteiger partial charge < -0.3 is 4.74 Å². The third-order valence-electron chi connectivity index (χ3n) is 1.73. The number of carbonyl (C=O) groups excluding carboxylic acids is 1. The van der Waals surface area contributed by atoms with E-state index in [1.165, 1.54) is 0 Å².